The van der Waals surface area contributed by atoms with E-state index in [2.05, 4.69) is 4.74 Å². The summed E-state index contributed by atoms with van der Waals surface area (Å²) in [4.78, 5) is 11.2. The van der Waals surface area contributed by atoms with Crippen LogP contribution in [0.3, 0.4) is 0 Å². The van der Waals surface area contributed by atoms with Crippen LogP contribution in [0.2, 0.25) is 0 Å². The predicted octanol–water partition coefficient (Wildman–Crippen LogP) is 3.19. The summed E-state index contributed by atoms with van der Waals surface area (Å²) >= 11 is 0. The van der Waals surface area contributed by atoms with Crippen molar-refractivity contribution in [3.63, 3.8) is 0 Å². The average Bonchev–Trinajstić information content (AvgIpc) is 2.61. The Hall–Kier alpha value is -0.780. The highest BCUT2D eigenvalue weighted by atomic mass is 19.4. The van der Waals surface area contributed by atoms with E-state index in [1.54, 1.807) is 0 Å². The van der Waals surface area contributed by atoms with Crippen LogP contribution in [0.25, 0.3) is 0 Å². The van der Waals surface area contributed by atoms with Crippen LogP contribution < -0.4 is 0 Å². The third-order valence-corrected chi connectivity index (χ3v) is 3.59. The molecule has 1 rings (SSSR count). The maximum atomic E-state index is 11.8. The molecule has 0 aromatic heterocycles. The molecular weight excluding hydrogens is 237 g/mol. The number of rotatable bonds is 5. The molecule has 0 heterocycles. The molecule has 0 saturated heterocycles. The van der Waals surface area contributed by atoms with Crippen LogP contribution in [0.4, 0.5) is 13.2 Å². The van der Waals surface area contributed by atoms with Crippen molar-refractivity contribution in [1.82, 2.24) is 0 Å². The fourth-order valence-electron chi connectivity index (χ4n) is 2.48. The maximum Gasteiger partial charge on any atom is 0.522 e. The second kappa shape index (κ2) is 5.25. The largest absolute Gasteiger partial charge is 0.522 e. The SMILES string of the molecule is CCC1CCC(CCOC(F)(F)F)(C(=O)O)C1. The topological polar surface area (TPSA) is 46.5 Å². The Bertz CT molecular complexity index is 278. The summed E-state index contributed by atoms with van der Waals surface area (Å²) in [6, 6.07) is 0. The summed E-state index contributed by atoms with van der Waals surface area (Å²) in [6.45, 7) is 1.39. The van der Waals surface area contributed by atoms with Gasteiger partial charge in [-0.1, -0.05) is 13.3 Å². The summed E-state index contributed by atoms with van der Waals surface area (Å²) in [5.41, 5.74) is -1.02. The van der Waals surface area contributed by atoms with Gasteiger partial charge in [-0.3, -0.25) is 9.53 Å². The van der Waals surface area contributed by atoms with Gasteiger partial charge in [-0.2, -0.15) is 0 Å². The first-order valence-electron chi connectivity index (χ1n) is 5.73. The lowest BCUT2D eigenvalue weighted by Gasteiger charge is -2.24. The molecule has 0 radical (unpaired) electrons. The van der Waals surface area contributed by atoms with Crippen molar-refractivity contribution in [3.8, 4) is 0 Å². The minimum absolute atomic E-state index is 0.0711. The highest BCUT2D eigenvalue weighted by molar-refractivity contribution is 5.75. The standard InChI is InChI=1S/C11H17F3O3/c1-2-8-3-4-10(7-8,9(15)16)5-6-17-11(12,13)14/h8H,2-7H2,1H3,(H,15,16). The molecule has 1 fully saturated rings. The van der Waals surface area contributed by atoms with Gasteiger partial charge in [-0.05, 0) is 31.6 Å². The minimum Gasteiger partial charge on any atom is -0.481 e. The van der Waals surface area contributed by atoms with Gasteiger partial charge in [0.2, 0.25) is 0 Å². The van der Waals surface area contributed by atoms with Crippen LogP contribution in [-0.2, 0) is 9.53 Å². The molecule has 0 aromatic rings. The van der Waals surface area contributed by atoms with E-state index in [0.717, 1.165) is 12.8 Å². The molecule has 0 aliphatic heterocycles. The lowest BCUT2D eigenvalue weighted by atomic mass is 9.82. The van der Waals surface area contributed by atoms with Gasteiger partial charge in [0.05, 0.1) is 12.0 Å². The smallest absolute Gasteiger partial charge is 0.481 e. The third kappa shape index (κ3) is 3.87. The van der Waals surface area contributed by atoms with Crippen LogP contribution in [0.5, 0.6) is 0 Å². The number of hydrogen-bond acceptors (Lipinski definition) is 2. The average molecular weight is 254 g/mol. The molecule has 0 amide bonds. The molecule has 1 N–H and O–H groups in total. The molecule has 17 heavy (non-hydrogen) atoms. The van der Waals surface area contributed by atoms with Crippen molar-refractivity contribution >= 4 is 5.97 Å². The molecule has 1 aliphatic rings. The van der Waals surface area contributed by atoms with Gasteiger partial charge in [0.1, 0.15) is 0 Å². The number of carboxylic acids is 1. The highest BCUT2D eigenvalue weighted by Crippen LogP contribution is 2.46. The first kappa shape index (κ1) is 14.3. The van der Waals surface area contributed by atoms with Crippen molar-refractivity contribution in [1.29, 1.82) is 0 Å². The van der Waals surface area contributed by atoms with Crippen molar-refractivity contribution in [2.45, 2.75) is 45.4 Å². The third-order valence-electron chi connectivity index (χ3n) is 3.59. The zero-order valence-electron chi connectivity index (χ0n) is 9.72. The van der Waals surface area contributed by atoms with E-state index in [0.29, 0.717) is 18.8 Å². The second-order valence-electron chi connectivity index (χ2n) is 4.65. The molecule has 0 aromatic carbocycles. The first-order chi connectivity index (χ1) is 7.79. The number of carbonyl (C=O) groups is 1. The predicted molar refractivity (Wildman–Crippen MR) is 54.3 cm³/mol. The van der Waals surface area contributed by atoms with Gasteiger partial charge >= 0.3 is 12.3 Å². The van der Waals surface area contributed by atoms with Gasteiger partial charge in [0.15, 0.2) is 0 Å². The van der Waals surface area contributed by atoms with Gasteiger partial charge < -0.3 is 5.11 Å². The fourth-order valence-corrected chi connectivity index (χ4v) is 2.48. The number of ether oxygens (including phenoxy) is 1. The molecule has 3 nitrogen and oxygen atoms in total. The summed E-state index contributed by atoms with van der Waals surface area (Å²) in [7, 11) is 0. The lowest BCUT2D eigenvalue weighted by molar-refractivity contribution is -0.326. The molecule has 0 bridgehead atoms. The summed E-state index contributed by atoms with van der Waals surface area (Å²) in [6.07, 6.45) is -2.20. The normalized spacial score (nSPS) is 29.5. The molecule has 1 saturated carbocycles. The number of alkyl halides is 3. The number of halogens is 3. The van der Waals surface area contributed by atoms with Crippen molar-refractivity contribution in [2.75, 3.05) is 6.61 Å². The first-order valence-corrected chi connectivity index (χ1v) is 5.73. The Labute approximate surface area is 97.9 Å². The minimum atomic E-state index is -4.68. The highest BCUT2D eigenvalue weighted by Gasteiger charge is 2.45. The van der Waals surface area contributed by atoms with Crippen molar-refractivity contribution in [3.05, 3.63) is 0 Å². The van der Waals surface area contributed by atoms with Crippen LogP contribution in [0.1, 0.15) is 39.0 Å². The molecule has 0 spiro atoms. The fraction of sp³-hybridized carbons (Fsp3) is 0.909. The zero-order valence-corrected chi connectivity index (χ0v) is 9.72. The van der Waals surface area contributed by atoms with Crippen molar-refractivity contribution in [2.24, 2.45) is 11.3 Å². The van der Waals surface area contributed by atoms with E-state index in [4.69, 9.17) is 5.11 Å². The monoisotopic (exact) mass is 254 g/mol. The van der Waals surface area contributed by atoms with E-state index in [1.807, 2.05) is 6.92 Å². The van der Waals surface area contributed by atoms with Gasteiger partial charge in [-0.25, -0.2) is 0 Å². The molecule has 1 aliphatic carbocycles. The van der Waals surface area contributed by atoms with E-state index >= 15 is 0 Å². The molecule has 6 heteroatoms. The molecule has 2 unspecified atom stereocenters. The quantitative estimate of drug-likeness (QED) is 0.819. The van der Waals surface area contributed by atoms with Gasteiger partial charge in [0, 0.05) is 0 Å². The van der Waals surface area contributed by atoms with Crippen molar-refractivity contribution < 1.29 is 27.8 Å². The molecule has 100 valence electrons. The molecule has 2 atom stereocenters. The van der Waals surface area contributed by atoms with Gasteiger partial charge in [0.25, 0.3) is 0 Å². The summed E-state index contributed by atoms with van der Waals surface area (Å²) in [5, 5.41) is 9.17. The Balaban J connectivity index is 2.53. The Morgan fingerprint density at radius 1 is 1.53 bits per heavy atom. The summed E-state index contributed by atoms with van der Waals surface area (Å²) < 4.78 is 39.2. The van der Waals surface area contributed by atoms with Crippen LogP contribution in [0, 0.1) is 11.3 Å². The Morgan fingerprint density at radius 2 is 2.18 bits per heavy atom. The van der Waals surface area contributed by atoms with Gasteiger partial charge in [-0.15, -0.1) is 13.2 Å². The Morgan fingerprint density at radius 3 is 2.59 bits per heavy atom. The van der Waals surface area contributed by atoms with Crippen LogP contribution in [-0.4, -0.2) is 24.0 Å². The zero-order chi connectivity index (χ0) is 13.1. The van der Waals surface area contributed by atoms with E-state index in [-0.39, 0.29) is 6.42 Å². The van der Waals surface area contributed by atoms with Crippen LogP contribution >= 0.6 is 0 Å². The second-order valence-corrected chi connectivity index (χ2v) is 4.65. The number of aliphatic carboxylic acids is 1. The van der Waals surface area contributed by atoms with E-state index in [9.17, 15) is 18.0 Å². The Kier molecular flexibility index (Phi) is 4.41. The molecular formula is C11H17F3O3. The lowest BCUT2D eigenvalue weighted by Crippen LogP contribution is -2.31. The summed E-state index contributed by atoms with van der Waals surface area (Å²) in [5.74, 6) is -0.698. The van der Waals surface area contributed by atoms with Crippen LogP contribution in [0.15, 0.2) is 0 Å². The van der Waals surface area contributed by atoms with E-state index in [1.165, 1.54) is 0 Å². The maximum absolute atomic E-state index is 11.8. The van der Waals surface area contributed by atoms with E-state index < -0.39 is 24.4 Å². The number of hydrogen-bond donors (Lipinski definition) is 1. The number of carboxylic acid groups (broad SMARTS) is 1.